The second kappa shape index (κ2) is 6.27. The Morgan fingerprint density at radius 2 is 1.95 bits per heavy atom. The monoisotopic (exact) mass is 296 g/mol. The number of anilines is 1. The maximum Gasteiger partial charge on any atom is 0.0813 e. The largest absolute Gasteiger partial charge is 0.378 e. The third-order valence-electron chi connectivity index (χ3n) is 3.73. The van der Waals surface area contributed by atoms with Gasteiger partial charge in [-0.25, -0.2) is 4.98 Å². The molecule has 0 aliphatic heterocycles. The molecule has 2 nitrogen and oxygen atoms in total. The van der Waals surface area contributed by atoms with Gasteiger partial charge in [-0.3, -0.25) is 0 Å². The van der Waals surface area contributed by atoms with Crippen molar-refractivity contribution in [1.29, 1.82) is 0 Å². The quantitative estimate of drug-likeness (QED) is 0.680. The summed E-state index contributed by atoms with van der Waals surface area (Å²) in [5.41, 5.74) is 6.85. The minimum atomic E-state index is 0.297. The van der Waals surface area contributed by atoms with Gasteiger partial charge in [0.1, 0.15) is 0 Å². The summed E-state index contributed by atoms with van der Waals surface area (Å²) in [6.45, 7) is 4.42. The van der Waals surface area contributed by atoms with Crippen LogP contribution in [0.2, 0.25) is 0 Å². The molecule has 0 saturated carbocycles. The predicted molar refractivity (Wildman–Crippen MR) is 92.1 cm³/mol. The predicted octanol–water partition coefficient (Wildman–Crippen LogP) is 5.42. The van der Waals surface area contributed by atoms with Crippen molar-refractivity contribution in [2.45, 2.75) is 32.7 Å². The molecule has 0 bridgehead atoms. The molecule has 3 heteroatoms. The summed E-state index contributed by atoms with van der Waals surface area (Å²) in [4.78, 5) is 4.32. The number of hydrogen-bond acceptors (Lipinski definition) is 3. The van der Waals surface area contributed by atoms with Crippen LogP contribution in [0.15, 0.2) is 48.0 Å². The standard InChI is InChI=1S/C18H20N2S/c1-3-4-14-5-7-15(8-6-14)13(2)20-16-9-10-17-18(11-16)21-12-19-17/h5-13,20H,3-4H2,1-2H3. The molecule has 21 heavy (non-hydrogen) atoms. The van der Waals surface area contributed by atoms with Crippen LogP contribution in [-0.2, 0) is 6.42 Å². The van der Waals surface area contributed by atoms with Crippen molar-refractivity contribution < 1.29 is 0 Å². The number of nitrogens with zero attached hydrogens (tertiary/aromatic N) is 1. The molecule has 0 aliphatic carbocycles. The van der Waals surface area contributed by atoms with Crippen molar-refractivity contribution >= 4 is 27.2 Å². The number of rotatable bonds is 5. The molecular weight excluding hydrogens is 276 g/mol. The van der Waals surface area contributed by atoms with Gasteiger partial charge in [0.15, 0.2) is 0 Å². The Hall–Kier alpha value is -1.87. The lowest BCUT2D eigenvalue weighted by molar-refractivity contribution is 0.877. The van der Waals surface area contributed by atoms with Crippen LogP contribution in [0.3, 0.4) is 0 Å². The molecule has 3 aromatic rings. The SMILES string of the molecule is CCCc1ccc(C(C)Nc2ccc3ncsc3c2)cc1. The zero-order chi connectivity index (χ0) is 14.7. The van der Waals surface area contributed by atoms with E-state index in [1.54, 1.807) is 11.3 Å². The van der Waals surface area contributed by atoms with E-state index in [4.69, 9.17) is 0 Å². The Bertz CT molecular complexity index is 715. The number of thiazole rings is 1. The smallest absolute Gasteiger partial charge is 0.0813 e. The van der Waals surface area contributed by atoms with Crippen molar-refractivity contribution in [1.82, 2.24) is 4.98 Å². The third kappa shape index (κ3) is 3.24. The van der Waals surface area contributed by atoms with Crippen LogP contribution >= 0.6 is 11.3 Å². The Balaban J connectivity index is 1.73. The second-order valence-corrected chi connectivity index (χ2v) is 6.28. The topological polar surface area (TPSA) is 24.9 Å². The van der Waals surface area contributed by atoms with Gasteiger partial charge >= 0.3 is 0 Å². The fourth-order valence-corrected chi connectivity index (χ4v) is 3.26. The molecule has 1 heterocycles. The zero-order valence-corrected chi connectivity index (χ0v) is 13.3. The first-order chi connectivity index (χ1) is 10.3. The number of aromatic nitrogens is 1. The summed E-state index contributed by atoms with van der Waals surface area (Å²) in [5.74, 6) is 0. The lowest BCUT2D eigenvalue weighted by atomic mass is 10.0. The third-order valence-corrected chi connectivity index (χ3v) is 4.52. The van der Waals surface area contributed by atoms with Gasteiger partial charge in [0.05, 0.1) is 15.7 Å². The number of benzene rings is 2. The molecule has 1 unspecified atom stereocenters. The van der Waals surface area contributed by atoms with E-state index in [0.29, 0.717) is 6.04 Å². The first-order valence-corrected chi connectivity index (χ1v) is 8.33. The average molecular weight is 296 g/mol. The van der Waals surface area contributed by atoms with E-state index in [2.05, 4.69) is 66.6 Å². The van der Waals surface area contributed by atoms with Gasteiger partial charge in [0.25, 0.3) is 0 Å². The Labute approximate surface area is 129 Å². The molecule has 0 fully saturated rings. The Morgan fingerprint density at radius 3 is 2.71 bits per heavy atom. The molecule has 0 radical (unpaired) electrons. The summed E-state index contributed by atoms with van der Waals surface area (Å²) in [7, 11) is 0. The summed E-state index contributed by atoms with van der Waals surface area (Å²) in [6, 6.07) is 15.6. The zero-order valence-electron chi connectivity index (χ0n) is 12.5. The van der Waals surface area contributed by atoms with Crippen LogP contribution in [0.25, 0.3) is 10.2 Å². The summed E-state index contributed by atoms with van der Waals surface area (Å²) < 4.78 is 1.23. The molecule has 2 aromatic carbocycles. The summed E-state index contributed by atoms with van der Waals surface area (Å²) in [5, 5.41) is 3.57. The minimum Gasteiger partial charge on any atom is -0.378 e. The molecule has 0 amide bonds. The molecule has 0 spiro atoms. The van der Waals surface area contributed by atoms with Gasteiger partial charge in [-0.2, -0.15) is 0 Å². The first kappa shape index (κ1) is 14.1. The van der Waals surface area contributed by atoms with Crippen LogP contribution in [-0.4, -0.2) is 4.98 Å². The van der Waals surface area contributed by atoms with Crippen LogP contribution in [0.5, 0.6) is 0 Å². The highest BCUT2D eigenvalue weighted by molar-refractivity contribution is 7.16. The lowest BCUT2D eigenvalue weighted by Gasteiger charge is -2.16. The summed E-state index contributed by atoms with van der Waals surface area (Å²) in [6.07, 6.45) is 2.35. The van der Waals surface area contributed by atoms with Crippen LogP contribution in [0, 0.1) is 0 Å². The van der Waals surface area contributed by atoms with E-state index in [0.717, 1.165) is 17.6 Å². The molecule has 108 valence electrons. The van der Waals surface area contributed by atoms with E-state index < -0.39 is 0 Å². The first-order valence-electron chi connectivity index (χ1n) is 7.45. The fraction of sp³-hybridized carbons (Fsp3) is 0.278. The van der Waals surface area contributed by atoms with Gasteiger partial charge in [0, 0.05) is 11.7 Å². The van der Waals surface area contributed by atoms with Crippen molar-refractivity contribution in [2.75, 3.05) is 5.32 Å². The summed E-state index contributed by atoms with van der Waals surface area (Å²) >= 11 is 1.68. The highest BCUT2D eigenvalue weighted by Gasteiger charge is 2.06. The Morgan fingerprint density at radius 1 is 1.14 bits per heavy atom. The number of aryl methyl sites for hydroxylation is 1. The van der Waals surface area contributed by atoms with E-state index in [1.807, 2.05) is 5.51 Å². The van der Waals surface area contributed by atoms with Crippen molar-refractivity contribution in [2.24, 2.45) is 0 Å². The van der Waals surface area contributed by atoms with Gasteiger partial charge in [-0.1, -0.05) is 37.6 Å². The lowest BCUT2D eigenvalue weighted by Crippen LogP contribution is -2.06. The van der Waals surface area contributed by atoms with E-state index in [9.17, 15) is 0 Å². The number of nitrogens with one attached hydrogen (secondary N) is 1. The van der Waals surface area contributed by atoms with E-state index in [-0.39, 0.29) is 0 Å². The van der Waals surface area contributed by atoms with Crippen LogP contribution in [0.4, 0.5) is 5.69 Å². The maximum absolute atomic E-state index is 4.32. The molecule has 0 aliphatic rings. The van der Waals surface area contributed by atoms with Gasteiger partial charge in [-0.15, -0.1) is 11.3 Å². The maximum atomic E-state index is 4.32. The van der Waals surface area contributed by atoms with Crippen molar-refractivity contribution in [3.05, 3.63) is 59.1 Å². The highest BCUT2D eigenvalue weighted by atomic mass is 32.1. The van der Waals surface area contributed by atoms with Crippen molar-refractivity contribution in [3.8, 4) is 0 Å². The molecule has 3 rings (SSSR count). The normalized spacial score (nSPS) is 12.5. The molecular formula is C18H20N2S. The fourth-order valence-electron chi connectivity index (χ4n) is 2.54. The van der Waals surface area contributed by atoms with Gasteiger partial charge < -0.3 is 5.32 Å². The minimum absolute atomic E-state index is 0.297. The van der Waals surface area contributed by atoms with E-state index >= 15 is 0 Å². The van der Waals surface area contributed by atoms with Crippen molar-refractivity contribution in [3.63, 3.8) is 0 Å². The average Bonchev–Trinajstić information content (AvgIpc) is 2.96. The Kier molecular flexibility index (Phi) is 4.20. The second-order valence-electron chi connectivity index (χ2n) is 5.39. The molecule has 0 saturated heterocycles. The van der Waals surface area contributed by atoms with E-state index in [1.165, 1.54) is 22.2 Å². The molecule has 1 aromatic heterocycles. The van der Waals surface area contributed by atoms with Gasteiger partial charge in [0.2, 0.25) is 0 Å². The van der Waals surface area contributed by atoms with Gasteiger partial charge in [-0.05, 0) is 42.7 Å². The highest BCUT2D eigenvalue weighted by Crippen LogP contribution is 2.25. The number of fused-ring (bicyclic) bond motifs is 1. The molecule has 1 atom stereocenters. The number of hydrogen-bond donors (Lipinski definition) is 1. The van der Waals surface area contributed by atoms with Crippen LogP contribution < -0.4 is 5.32 Å². The van der Waals surface area contributed by atoms with Crippen LogP contribution in [0.1, 0.15) is 37.4 Å². The molecule has 1 N–H and O–H groups in total.